The maximum Gasteiger partial charge on any atom is 0.293 e. The summed E-state index contributed by atoms with van der Waals surface area (Å²) in [6.45, 7) is 2.00. The first-order valence-corrected chi connectivity index (χ1v) is 8.54. The highest BCUT2D eigenvalue weighted by Crippen LogP contribution is 2.35. The molecule has 0 N–H and O–H groups in total. The van der Waals surface area contributed by atoms with Crippen LogP contribution in [0.1, 0.15) is 5.69 Å². The van der Waals surface area contributed by atoms with Crippen molar-refractivity contribution in [1.82, 2.24) is 19.9 Å². The van der Waals surface area contributed by atoms with Gasteiger partial charge in [0.1, 0.15) is 4.83 Å². The second-order valence-corrected chi connectivity index (χ2v) is 6.59. The highest BCUT2D eigenvalue weighted by molar-refractivity contribution is 7.21. The number of rotatable bonds is 3. The van der Waals surface area contributed by atoms with Crippen LogP contribution in [-0.2, 0) is 0 Å². The van der Waals surface area contributed by atoms with E-state index in [9.17, 15) is 0 Å². The lowest BCUT2D eigenvalue weighted by molar-refractivity contribution is 0.417. The molecule has 5 rings (SSSR count). The van der Waals surface area contributed by atoms with Gasteiger partial charge in [0.05, 0.1) is 22.5 Å². The summed E-state index contributed by atoms with van der Waals surface area (Å²) < 4.78 is 12.6. The first-order chi connectivity index (χ1) is 12.3. The Morgan fingerprint density at radius 3 is 2.76 bits per heavy atom. The number of aryl methyl sites for hydroxylation is 1. The molecule has 0 aliphatic rings. The summed E-state index contributed by atoms with van der Waals surface area (Å²) in [6, 6.07) is 15.7. The van der Waals surface area contributed by atoms with Crippen LogP contribution in [0.2, 0.25) is 0 Å². The van der Waals surface area contributed by atoms with Crippen LogP contribution < -0.4 is 0 Å². The van der Waals surface area contributed by atoms with Crippen molar-refractivity contribution in [2.75, 3.05) is 0 Å². The molecule has 0 saturated heterocycles. The van der Waals surface area contributed by atoms with Gasteiger partial charge in [-0.1, -0.05) is 23.4 Å². The zero-order chi connectivity index (χ0) is 16.8. The van der Waals surface area contributed by atoms with E-state index in [0.717, 1.165) is 26.5 Å². The normalized spacial score (nSPS) is 11.4. The monoisotopic (exact) mass is 348 g/mol. The molecule has 25 heavy (non-hydrogen) atoms. The lowest BCUT2D eigenvalue weighted by Crippen LogP contribution is -1.94. The number of fused-ring (bicyclic) bond motifs is 1. The standard InChI is InChI=1S/C18H12N4O2S/c1-11-13-10-15(16-19-17(24-21-16)14-8-5-9-23-14)25-18(13)22(20-11)12-6-3-2-4-7-12/h2-10H,1H3. The van der Waals surface area contributed by atoms with Crippen LogP contribution in [-0.4, -0.2) is 19.9 Å². The van der Waals surface area contributed by atoms with Crippen LogP contribution in [0.4, 0.5) is 0 Å². The summed E-state index contributed by atoms with van der Waals surface area (Å²) >= 11 is 1.59. The molecule has 0 fully saturated rings. The SMILES string of the molecule is Cc1nn(-c2ccccc2)c2sc(-c3noc(-c4ccco4)n3)cc12. The second-order valence-electron chi connectivity index (χ2n) is 5.56. The van der Waals surface area contributed by atoms with Gasteiger partial charge in [0, 0.05) is 5.39 Å². The molecule has 0 saturated carbocycles. The third kappa shape index (κ3) is 2.28. The van der Waals surface area contributed by atoms with Gasteiger partial charge >= 0.3 is 0 Å². The van der Waals surface area contributed by atoms with Crippen molar-refractivity contribution in [1.29, 1.82) is 0 Å². The molecule has 0 atom stereocenters. The largest absolute Gasteiger partial charge is 0.459 e. The highest BCUT2D eigenvalue weighted by Gasteiger charge is 2.18. The minimum Gasteiger partial charge on any atom is -0.459 e. The predicted octanol–water partition coefficient (Wildman–Crippen LogP) is 4.71. The first kappa shape index (κ1) is 14.2. The van der Waals surface area contributed by atoms with Gasteiger partial charge in [-0.3, -0.25) is 0 Å². The van der Waals surface area contributed by atoms with E-state index in [0.29, 0.717) is 17.5 Å². The molecule has 4 aromatic heterocycles. The first-order valence-electron chi connectivity index (χ1n) is 7.72. The van der Waals surface area contributed by atoms with Gasteiger partial charge < -0.3 is 8.94 Å². The number of para-hydroxylation sites is 1. The average Bonchev–Trinajstić information content (AvgIpc) is 3.41. The Balaban J connectivity index is 1.62. The zero-order valence-electron chi connectivity index (χ0n) is 13.2. The van der Waals surface area contributed by atoms with E-state index in [2.05, 4.69) is 21.3 Å². The van der Waals surface area contributed by atoms with Crippen molar-refractivity contribution in [2.24, 2.45) is 0 Å². The molecule has 6 nitrogen and oxygen atoms in total. The molecule has 122 valence electrons. The fourth-order valence-corrected chi connectivity index (χ4v) is 3.83. The number of nitrogens with zero attached hydrogens (tertiary/aromatic N) is 4. The lowest BCUT2D eigenvalue weighted by Gasteiger charge is -2.00. The fourth-order valence-electron chi connectivity index (χ4n) is 2.73. The molecule has 0 spiro atoms. The van der Waals surface area contributed by atoms with Crippen LogP contribution >= 0.6 is 11.3 Å². The Kier molecular flexibility index (Phi) is 3.07. The van der Waals surface area contributed by atoms with Gasteiger partial charge in [0.15, 0.2) is 5.76 Å². The van der Waals surface area contributed by atoms with Gasteiger partial charge in [-0.15, -0.1) is 11.3 Å². The van der Waals surface area contributed by atoms with Gasteiger partial charge in [-0.25, -0.2) is 4.68 Å². The second kappa shape index (κ2) is 5.42. The minimum atomic E-state index is 0.374. The summed E-state index contributed by atoms with van der Waals surface area (Å²) in [7, 11) is 0. The molecule has 1 aromatic carbocycles. The number of benzene rings is 1. The molecule has 0 radical (unpaired) electrons. The van der Waals surface area contributed by atoms with Crippen molar-refractivity contribution < 1.29 is 8.94 Å². The molecule has 0 aliphatic carbocycles. The Labute approximate surface area is 146 Å². The molecule has 4 heterocycles. The smallest absolute Gasteiger partial charge is 0.293 e. The third-order valence-electron chi connectivity index (χ3n) is 3.92. The Bertz CT molecular complexity index is 1150. The summed E-state index contributed by atoms with van der Waals surface area (Å²) in [5.74, 6) is 1.48. The quantitative estimate of drug-likeness (QED) is 0.472. The Hall–Kier alpha value is -3.19. The molecule has 0 amide bonds. The molecule has 7 heteroatoms. The maximum atomic E-state index is 5.31. The number of hydrogen-bond acceptors (Lipinski definition) is 6. The maximum absolute atomic E-state index is 5.31. The van der Waals surface area contributed by atoms with E-state index in [4.69, 9.17) is 8.94 Å². The summed E-state index contributed by atoms with van der Waals surface area (Å²) in [5.41, 5.74) is 1.99. The van der Waals surface area contributed by atoms with Crippen LogP contribution in [0.3, 0.4) is 0 Å². The van der Waals surface area contributed by atoms with Gasteiger partial charge in [-0.2, -0.15) is 10.1 Å². The summed E-state index contributed by atoms with van der Waals surface area (Å²) in [4.78, 5) is 6.43. The molecular weight excluding hydrogens is 336 g/mol. The average molecular weight is 348 g/mol. The van der Waals surface area contributed by atoms with Gasteiger partial charge in [0.2, 0.25) is 5.82 Å². The van der Waals surface area contributed by atoms with Crippen molar-refractivity contribution in [3.8, 4) is 28.0 Å². The van der Waals surface area contributed by atoms with Crippen LogP contribution in [0, 0.1) is 6.92 Å². The third-order valence-corrected chi connectivity index (χ3v) is 5.03. The number of hydrogen-bond donors (Lipinski definition) is 0. The molecule has 0 unspecified atom stereocenters. The molecule has 0 aliphatic heterocycles. The van der Waals surface area contributed by atoms with E-state index in [-0.39, 0.29) is 0 Å². The zero-order valence-corrected chi connectivity index (χ0v) is 14.0. The number of aromatic nitrogens is 4. The fraction of sp³-hybridized carbons (Fsp3) is 0.0556. The van der Waals surface area contributed by atoms with E-state index in [1.807, 2.05) is 41.9 Å². The van der Waals surface area contributed by atoms with Crippen molar-refractivity contribution >= 4 is 21.6 Å². The van der Waals surface area contributed by atoms with Crippen molar-refractivity contribution in [3.63, 3.8) is 0 Å². The van der Waals surface area contributed by atoms with Gasteiger partial charge in [-0.05, 0) is 37.3 Å². The van der Waals surface area contributed by atoms with Crippen LogP contribution in [0.15, 0.2) is 63.7 Å². The molecular formula is C18H12N4O2S. The highest BCUT2D eigenvalue weighted by atomic mass is 32.1. The van der Waals surface area contributed by atoms with Crippen molar-refractivity contribution in [3.05, 3.63) is 60.5 Å². The van der Waals surface area contributed by atoms with Crippen molar-refractivity contribution in [2.45, 2.75) is 6.92 Å². The Morgan fingerprint density at radius 2 is 1.96 bits per heavy atom. The Morgan fingerprint density at radius 1 is 1.08 bits per heavy atom. The van der Waals surface area contributed by atoms with E-state index < -0.39 is 0 Å². The van der Waals surface area contributed by atoms with E-state index in [1.165, 1.54) is 0 Å². The van der Waals surface area contributed by atoms with Crippen LogP contribution in [0.5, 0.6) is 0 Å². The van der Waals surface area contributed by atoms with E-state index in [1.54, 1.807) is 29.7 Å². The summed E-state index contributed by atoms with van der Waals surface area (Å²) in [6.07, 6.45) is 1.58. The predicted molar refractivity (Wildman–Crippen MR) is 94.7 cm³/mol. The summed E-state index contributed by atoms with van der Waals surface area (Å²) in [5, 5.41) is 9.82. The molecule has 5 aromatic rings. The topological polar surface area (TPSA) is 69.9 Å². The number of thiophene rings is 1. The van der Waals surface area contributed by atoms with Gasteiger partial charge in [0.25, 0.3) is 5.89 Å². The number of furan rings is 1. The lowest BCUT2D eigenvalue weighted by atomic mass is 10.3. The molecule has 0 bridgehead atoms. The van der Waals surface area contributed by atoms with Crippen LogP contribution in [0.25, 0.3) is 38.3 Å². The van der Waals surface area contributed by atoms with E-state index >= 15 is 0 Å². The minimum absolute atomic E-state index is 0.374.